The van der Waals surface area contributed by atoms with Crippen molar-refractivity contribution in [2.75, 3.05) is 39.4 Å². The SMILES string of the molecule is CC1CN(CC2(CNC(C)(C)C)CCCOC2)CC(C)O1. The van der Waals surface area contributed by atoms with Gasteiger partial charge in [0.05, 0.1) is 18.8 Å². The van der Waals surface area contributed by atoms with Gasteiger partial charge in [-0.05, 0) is 47.5 Å². The highest BCUT2D eigenvalue weighted by Crippen LogP contribution is 2.31. The Hall–Kier alpha value is -0.160. The van der Waals surface area contributed by atoms with Crippen LogP contribution in [0.1, 0.15) is 47.5 Å². The highest BCUT2D eigenvalue weighted by molar-refractivity contribution is 4.91. The van der Waals surface area contributed by atoms with Crippen LogP contribution in [0.25, 0.3) is 0 Å². The van der Waals surface area contributed by atoms with Crippen LogP contribution in [0.3, 0.4) is 0 Å². The lowest BCUT2D eigenvalue weighted by Crippen LogP contribution is -2.55. The average molecular weight is 298 g/mol. The summed E-state index contributed by atoms with van der Waals surface area (Å²) in [5.74, 6) is 0. The largest absolute Gasteiger partial charge is 0.381 e. The van der Waals surface area contributed by atoms with E-state index in [1.165, 1.54) is 12.8 Å². The molecule has 2 fully saturated rings. The Morgan fingerprint density at radius 1 is 1.19 bits per heavy atom. The Bertz CT molecular complexity index is 311. The number of nitrogens with zero attached hydrogens (tertiary/aromatic N) is 1. The first-order valence-electron chi connectivity index (χ1n) is 8.49. The number of rotatable bonds is 4. The van der Waals surface area contributed by atoms with Gasteiger partial charge in [-0.25, -0.2) is 0 Å². The minimum Gasteiger partial charge on any atom is -0.381 e. The molecular formula is C17H34N2O2. The van der Waals surface area contributed by atoms with E-state index in [2.05, 4.69) is 44.8 Å². The quantitative estimate of drug-likeness (QED) is 0.863. The van der Waals surface area contributed by atoms with Crippen molar-refractivity contribution in [3.8, 4) is 0 Å². The summed E-state index contributed by atoms with van der Waals surface area (Å²) in [6, 6.07) is 0. The molecule has 0 spiro atoms. The second-order valence-electron chi connectivity index (χ2n) is 8.21. The van der Waals surface area contributed by atoms with Crippen molar-refractivity contribution in [2.45, 2.75) is 65.2 Å². The van der Waals surface area contributed by atoms with Crippen molar-refractivity contribution in [1.82, 2.24) is 10.2 Å². The lowest BCUT2D eigenvalue weighted by atomic mass is 9.81. The zero-order valence-corrected chi connectivity index (χ0v) is 14.6. The van der Waals surface area contributed by atoms with Gasteiger partial charge in [0.1, 0.15) is 0 Å². The van der Waals surface area contributed by atoms with Gasteiger partial charge in [-0.3, -0.25) is 4.90 Å². The molecule has 4 nitrogen and oxygen atoms in total. The summed E-state index contributed by atoms with van der Waals surface area (Å²) in [7, 11) is 0. The Kier molecular flexibility index (Phi) is 5.69. The molecule has 0 aliphatic carbocycles. The Morgan fingerprint density at radius 2 is 1.86 bits per heavy atom. The van der Waals surface area contributed by atoms with Crippen LogP contribution < -0.4 is 5.32 Å². The van der Waals surface area contributed by atoms with Crippen LogP contribution in [0, 0.1) is 5.41 Å². The first-order valence-corrected chi connectivity index (χ1v) is 8.49. The fourth-order valence-corrected chi connectivity index (χ4v) is 3.57. The van der Waals surface area contributed by atoms with Gasteiger partial charge in [-0.1, -0.05) is 0 Å². The van der Waals surface area contributed by atoms with Crippen LogP contribution in [-0.2, 0) is 9.47 Å². The number of nitrogens with one attached hydrogen (secondary N) is 1. The van der Waals surface area contributed by atoms with E-state index in [-0.39, 0.29) is 11.0 Å². The van der Waals surface area contributed by atoms with Gasteiger partial charge in [-0.2, -0.15) is 0 Å². The molecule has 0 bridgehead atoms. The first kappa shape index (κ1) is 17.2. The van der Waals surface area contributed by atoms with E-state index < -0.39 is 0 Å². The predicted octanol–water partition coefficient (Wildman–Crippen LogP) is 2.28. The molecule has 0 aromatic rings. The van der Waals surface area contributed by atoms with Crippen LogP contribution in [0.5, 0.6) is 0 Å². The van der Waals surface area contributed by atoms with E-state index in [1.54, 1.807) is 0 Å². The molecule has 2 heterocycles. The minimum atomic E-state index is 0.163. The van der Waals surface area contributed by atoms with Crippen LogP contribution in [0.4, 0.5) is 0 Å². The average Bonchev–Trinajstić information content (AvgIpc) is 2.35. The van der Waals surface area contributed by atoms with Crippen LogP contribution in [0.15, 0.2) is 0 Å². The molecule has 2 aliphatic rings. The topological polar surface area (TPSA) is 33.7 Å². The smallest absolute Gasteiger partial charge is 0.0678 e. The lowest BCUT2D eigenvalue weighted by molar-refractivity contribution is -0.0938. The monoisotopic (exact) mass is 298 g/mol. The van der Waals surface area contributed by atoms with Gasteiger partial charge < -0.3 is 14.8 Å². The molecule has 1 N–H and O–H groups in total. The maximum absolute atomic E-state index is 5.86. The van der Waals surface area contributed by atoms with Gasteiger partial charge in [0.25, 0.3) is 0 Å². The maximum Gasteiger partial charge on any atom is 0.0678 e. The molecular weight excluding hydrogens is 264 g/mol. The Labute approximate surface area is 130 Å². The van der Waals surface area contributed by atoms with Crippen molar-refractivity contribution < 1.29 is 9.47 Å². The molecule has 3 unspecified atom stereocenters. The van der Waals surface area contributed by atoms with Gasteiger partial charge in [0, 0.05) is 43.7 Å². The summed E-state index contributed by atoms with van der Waals surface area (Å²) < 4.78 is 11.7. The molecule has 0 aromatic heterocycles. The van der Waals surface area contributed by atoms with Gasteiger partial charge >= 0.3 is 0 Å². The number of hydrogen-bond acceptors (Lipinski definition) is 4. The van der Waals surface area contributed by atoms with Crippen LogP contribution >= 0.6 is 0 Å². The first-order chi connectivity index (χ1) is 9.78. The molecule has 0 saturated carbocycles. The fourth-order valence-electron chi connectivity index (χ4n) is 3.57. The summed E-state index contributed by atoms with van der Waals surface area (Å²) >= 11 is 0. The van der Waals surface area contributed by atoms with E-state index in [1.807, 2.05) is 0 Å². The third kappa shape index (κ3) is 5.51. The molecule has 0 amide bonds. The second kappa shape index (κ2) is 6.95. The van der Waals surface area contributed by atoms with Gasteiger partial charge in [0.15, 0.2) is 0 Å². The molecule has 0 aromatic carbocycles. The Morgan fingerprint density at radius 3 is 2.38 bits per heavy atom. The number of morpholine rings is 1. The van der Waals surface area contributed by atoms with Gasteiger partial charge in [0.2, 0.25) is 0 Å². The lowest BCUT2D eigenvalue weighted by Gasteiger charge is -2.45. The van der Waals surface area contributed by atoms with Crippen molar-refractivity contribution in [1.29, 1.82) is 0 Å². The molecule has 0 radical (unpaired) electrons. The third-order valence-electron chi connectivity index (χ3n) is 4.45. The number of ether oxygens (including phenoxy) is 2. The highest BCUT2D eigenvalue weighted by atomic mass is 16.5. The fraction of sp³-hybridized carbons (Fsp3) is 1.00. The predicted molar refractivity (Wildman–Crippen MR) is 86.7 cm³/mol. The van der Waals surface area contributed by atoms with Crippen molar-refractivity contribution >= 4 is 0 Å². The molecule has 2 aliphatic heterocycles. The van der Waals surface area contributed by atoms with Crippen LogP contribution in [-0.4, -0.2) is 62.0 Å². The van der Waals surface area contributed by atoms with E-state index in [0.717, 1.165) is 39.4 Å². The minimum absolute atomic E-state index is 0.163. The van der Waals surface area contributed by atoms with E-state index in [9.17, 15) is 0 Å². The van der Waals surface area contributed by atoms with E-state index in [0.29, 0.717) is 12.2 Å². The highest BCUT2D eigenvalue weighted by Gasteiger charge is 2.37. The Balaban J connectivity index is 1.98. The molecule has 2 rings (SSSR count). The molecule has 2 saturated heterocycles. The summed E-state index contributed by atoms with van der Waals surface area (Å²) in [6.45, 7) is 17.1. The third-order valence-corrected chi connectivity index (χ3v) is 4.45. The van der Waals surface area contributed by atoms with E-state index >= 15 is 0 Å². The zero-order chi connectivity index (χ0) is 15.5. The summed E-state index contributed by atoms with van der Waals surface area (Å²) in [6.07, 6.45) is 3.12. The van der Waals surface area contributed by atoms with Crippen LogP contribution in [0.2, 0.25) is 0 Å². The summed E-state index contributed by atoms with van der Waals surface area (Å²) in [5, 5.41) is 3.71. The standard InChI is InChI=1S/C17H34N2O2/c1-14-9-19(10-15(2)21-14)12-17(7-6-8-20-13-17)11-18-16(3,4)5/h14-15,18H,6-13H2,1-5H3. The van der Waals surface area contributed by atoms with E-state index in [4.69, 9.17) is 9.47 Å². The number of hydrogen-bond donors (Lipinski definition) is 1. The van der Waals surface area contributed by atoms with Crippen molar-refractivity contribution in [2.24, 2.45) is 5.41 Å². The molecule has 3 atom stereocenters. The zero-order valence-electron chi connectivity index (χ0n) is 14.6. The summed E-state index contributed by atoms with van der Waals surface area (Å²) in [5.41, 5.74) is 0.415. The van der Waals surface area contributed by atoms with Crippen molar-refractivity contribution in [3.05, 3.63) is 0 Å². The molecule has 4 heteroatoms. The summed E-state index contributed by atoms with van der Waals surface area (Å²) in [4.78, 5) is 2.58. The van der Waals surface area contributed by atoms with Gasteiger partial charge in [-0.15, -0.1) is 0 Å². The maximum atomic E-state index is 5.86. The van der Waals surface area contributed by atoms with Crippen molar-refractivity contribution in [3.63, 3.8) is 0 Å². The normalized spacial score (nSPS) is 35.9. The second-order valence-corrected chi connectivity index (χ2v) is 8.21. The molecule has 21 heavy (non-hydrogen) atoms. The molecule has 124 valence electrons.